The molecule has 9 heteroatoms. The Kier molecular flexibility index (Phi) is 9.79. The van der Waals surface area contributed by atoms with Crippen molar-refractivity contribution >= 4 is 40.1 Å². The van der Waals surface area contributed by atoms with Crippen LogP contribution in [0.15, 0.2) is 60.0 Å². The molecule has 1 N–H and O–H groups in total. The molecule has 0 radical (unpaired) electrons. The maximum Gasteiger partial charge on any atom is 0.268 e. The van der Waals surface area contributed by atoms with Crippen LogP contribution in [0.1, 0.15) is 61.3 Å². The topological polar surface area (TPSA) is 93.3 Å². The highest BCUT2D eigenvalue weighted by Crippen LogP contribution is 2.32. The zero-order valence-electron chi connectivity index (χ0n) is 22.2. The van der Waals surface area contributed by atoms with Crippen molar-refractivity contribution in [3.63, 3.8) is 0 Å². The van der Waals surface area contributed by atoms with Gasteiger partial charge in [0.25, 0.3) is 5.91 Å². The number of carbonyl (C=O) groups is 2. The minimum absolute atomic E-state index is 0.0878. The van der Waals surface area contributed by atoms with Crippen LogP contribution in [-0.2, 0) is 4.79 Å². The van der Waals surface area contributed by atoms with Crippen LogP contribution in [0.25, 0.3) is 21.7 Å². The summed E-state index contributed by atoms with van der Waals surface area (Å²) in [5.41, 5.74) is 2.92. The van der Waals surface area contributed by atoms with Gasteiger partial charge in [0, 0.05) is 19.6 Å². The van der Waals surface area contributed by atoms with Crippen molar-refractivity contribution in [3.8, 4) is 10.6 Å². The molecular weight excluding hydrogens is 486 g/mol. The number of aryl methyl sites for hydroxylation is 1. The minimum Gasteiger partial charge on any atom is -0.443 e. The van der Waals surface area contributed by atoms with Gasteiger partial charge in [0.1, 0.15) is 0 Å². The number of imidazole rings is 1. The molecule has 3 aromatic heterocycles. The van der Waals surface area contributed by atoms with Crippen molar-refractivity contribution in [2.75, 3.05) is 18.9 Å². The number of thiophene rings is 1. The lowest BCUT2D eigenvalue weighted by Crippen LogP contribution is -2.26. The van der Waals surface area contributed by atoms with Crippen molar-refractivity contribution < 1.29 is 14.0 Å². The molecule has 2 amide bonds. The highest BCUT2D eigenvalue weighted by molar-refractivity contribution is 7.17. The smallest absolute Gasteiger partial charge is 0.268 e. The number of hydrogen-bond acceptors (Lipinski definition) is 6. The van der Waals surface area contributed by atoms with E-state index in [4.69, 9.17) is 9.40 Å². The molecule has 1 atom stereocenters. The number of amides is 2. The number of hydrogen-bond donors (Lipinski definition) is 1. The lowest BCUT2D eigenvalue weighted by atomic mass is 10.1. The molecule has 0 aliphatic carbocycles. The summed E-state index contributed by atoms with van der Waals surface area (Å²) in [6.07, 6.45) is 6.84. The van der Waals surface area contributed by atoms with E-state index in [1.165, 1.54) is 23.8 Å². The lowest BCUT2D eigenvalue weighted by Gasteiger charge is -2.22. The van der Waals surface area contributed by atoms with Crippen molar-refractivity contribution in [2.24, 2.45) is 0 Å². The van der Waals surface area contributed by atoms with E-state index in [1.807, 2.05) is 32.9 Å². The third-order valence-electron chi connectivity index (χ3n) is 5.99. The molecule has 0 bridgehead atoms. The van der Waals surface area contributed by atoms with E-state index in [9.17, 15) is 9.59 Å². The zero-order chi connectivity index (χ0) is 26.9. The molecule has 0 aliphatic rings. The normalized spacial score (nSPS) is 11.5. The Morgan fingerprint density at radius 1 is 1.27 bits per heavy atom. The standard InChI is InChI=1S/C26H29N5O3S.C2H6/c1-5-18(8-7-13-30(4)24(32)6-2)31-20-10-9-17(3)14-19(20)28-26(31)29-25(33)23-12-11-22(35-23)21-15-27-16-34-21;1-2/h6,9-12,14-16,18H,2,5,7-8,13H2,1,3-4H3,(H,28,29,33);1-2H3. The van der Waals surface area contributed by atoms with Gasteiger partial charge in [-0.2, -0.15) is 0 Å². The predicted molar refractivity (Wildman–Crippen MR) is 150 cm³/mol. The molecule has 0 saturated carbocycles. The van der Waals surface area contributed by atoms with Crippen LogP contribution >= 0.6 is 11.3 Å². The number of nitrogens with zero attached hydrogens (tertiary/aromatic N) is 4. The second-order valence-electron chi connectivity index (χ2n) is 8.45. The Balaban J connectivity index is 0.00000186. The summed E-state index contributed by atoms with van der Waals surface area (Å²) in [5.74, 6) is 0.839. The van der Waals surface area contributed by atoms with Gasteiger partial charge < -0.3 is 13.9 Å². The summed E-state index contributed by atoms with van der Waals surface area (Å²) < 4.78 is 7.46. The molecule has 0 fully saturated rings. The van der Waals surface area contributed by atoms with Gasteiger partial charge in [-0.3, -0.25) is 14.9 Å². The highest BCUT2D eigenvalue weighted by atomic mass is 32.1. The largest absolute Gasteiger partial charge is 0.443 e. The molecule has 196 valence electrons. The van der Waals surface area contributed by atoms with Crippen LogP contribution in [0.3, 0.4) is 0 Å². The van der Waals surface area contributed by atoms with Gasteiger partial charge in [0.05, 0.1) is 27.0 Å². The molecule has 4 aromatic rings. The Morgan fingerprint density at radius 3 is 2.73 bits per heavy atom. The van der Waals surface area contributed by atoms with E-state index >= 15 is 0 Å². The Morgan fingerprint density at radius 2 is 2.05 bits per heavy atom. The SMILES string of the molecule is C=CC(=O)N(C)CCCC(CC)n1c(NC(=O)c2ccc(-c3cnco3)s2)nc2cc(C)ccc21.CC. The predicted octanol–water partition coefficient (Wildman–Crippen LogP) is 6.72. The van der Waals surface area contributed by atoms with Gasteiger partial charge in [-0.15, -0.1) is 11.3 Å². The van der Waals surface area contributed by atoms with Crippen molar-refractivity contribution in [2.45, 2.75) is 53.0 Å². The van der Waals surface area contributed by atoms with Crippen LogP contribution in [0.2, 0.25) is 0 Å². The first kappa shape index (κ1) is 27.9. The van der Waals surface area contributed by atoms with Crippen LogP contribution < -0.4 is 5.32 Å². The molecule has 0 aliphatic heterocycles. The van der Waals surface area contributed by atoms with E-state index < -0.39 is 0 Å². The number of oxazole rings is 1. The third-order valence-corrected chi connectivity index (χ3v) is 7.09. The van der Waals surface area contributed by atoms with E-state index in [1.54, 1.807) is 24.2 Å². The van der Waals surface area contributed by atoms with Crippen LogP contribution in [0.5, 0.6) is 0 Å². The summed E-state index contributed by atoms with van der Waals surface area (Å²) in [4.78, 5) is 36.8. The molecule has 1 unspecified atom stereocenters. The maximum absolute atomic E-state index is 13.2. The molecule has 8 nitrogen and oxygen atoms in total. The second kappa shape index (κ2) is 13.0. The van der Waals surface area contributed by atoms with Crippen LogP contribution in [-0.4, -0.2) is 44.8 Å². The Bertz CT molecular complexity index is 1340. The number of aromatic nitrogens is 3. The number of benzene rings is 1. The lowest BCUT2D eigenvalue weighted by molar-refractivity contribution is -0.124. The van der Waals surface area contributed by atoms with Gasteiger partial charge in [-0.05, 0) is 62.1 Å². The van der Waals surface area contributed by atoms with Crippen LogP contribution in [0, 0.1) is 6.92 Å². The third kappa shape index (κ3) is 6.54. The Hall–Kier alpha value is -3.72. The summed E-state index contributed by atoms with van der Waals surface area (Å²) >= 11 is 1.34. The fourth-order valence-corrected chi connectivity index (χ4v) is 4.96. The van der Waals surface area contributed by atoms with Crippen LogP contribution in [0.4, 0.5) is 5.95 Å². The first-order valence-corrected chi connectivity index (χ1v) is 13.4. The summed E-state index contributed by atoms with van der Waals surface area (Å²) in [6.45, 7) is 12.3. The van der Waals surface area contributed by atoms with Gasteiger partial charge in [0.2, 0.25) is 11.9 Å². The number of likely N-dealkylation sites (N-methyl/N-ethyl adjacent to an activating group) is 1. The van der Waals surface area contributed by atoms with Gasteiger partial charge in [-0.25, -0.2) is 9.97 Å². The summed E-state index contributed by atoms with van der Waals surface area (Å²) in [5, 5.41) is 3.03. The summed E-state index contributed by atoms with van der Waals surface area (Å²) in [6, 6.07) is 9.87. The molecule has 1 aromatic carbocycles. The molecule has 3 heterocycles. The number of fused-ring (bicyclic) bond motifs is 1. The molecule has 0 spiro atoms. The fraction of sp³-hybridized carbons (Fsp3) is 0.357. The molecule has 37 heavy (non-hydrogen) atoms. The zero-order valence-corrected chi connectivity index (χ0v) is 23.0. The first-order chi connectivity index (χ1) is 17.9. The second-order valence-corrected chi connectivity index (χ2v) is 9.53. The average Bonchev–Trinajstić information content (AvgIpc) is 3.67. The fourth-order valence-electron chi connectivity index (χ4n) is 4.11. The molecule has 0 saturated heterocycles. The van der Waals surface area contributed by atoms with E-state index in [0.29, 0.717) is 23.1 Å². The van der Waals surface area contributed by atoms with E-state index in [-0.39, 0.29) is 17.9 Å². The van der Waals surface area contributed by atoms with Crippen molar-refractivity contribution in [1.29, 1.82) is 0 Å². The quantitative estimate of drug-likeness (QED) is 0.234. The van der Waals surface area contributed by atoms with Crippen molar-refractivity contribution in [3.05, 3.63) is 66.0 Å². The van der Waals surface area contributed by atoms with Gasteiger partial charge in [-0.1, -0.05) is 33.4 Å². The number of nitrogens with one attached hydrogen (secondary N) is 1. The first-order valence-electron chi connectivity index (χ1n) is 12.6. The molecule has 4 rings (SSSR count). The highest BCUT2D eigenvalue weighted by Gasteiger charge is 2.21. The van der Waals surface area contributed by atoms with Gasteiger partial charge >= 0.3 is 0 Å². The number of carbonyl (C=O) groups excluding carboxylic acids is 2. The molecular formula is C28H35N5O3S. The van der Waals surface area contributed by atoms with E-state index in [0.717, 1.165) is 40.7 Å². The maximum atomic E-state index is 13.2. The van der Waals surface area contributed by atoms with Gasteiger partial charge in [0.15, 0.2) is 12.2 Å². The summed E-state index contributed by atoms with van der Waals surface area (Å²) in [7, 11) is 1.78. The average molecular weight is 522 g/mol. The monoisotopic (exact) mass is 521 g/mol. The Labute approximate surface area is 222 Å². The number of anilines is 1. The van der Waals surface area contributed by atoms with E-state index in [2.05, 4.69) is 40.5 Å². The minimum atomic E-state index is -0.222. The van der Waals surface area contributed by atoms with Crippen molar-refractivity contribution in [1.82, 2.24) is 19.4 Å². The number of rotatable bonds is 10.